The van der Waals surface area contributed by atoms with E-state index in [0.717, 1.165) is 22.4 Å². The first-order valence-corrected chi connectivity index (χ1v) is 5.38. The molecule has 3 heteroatoms. The molecule has 1 aromatic carbocycles. The van der Waals surface area contributed by atoms with Crippen LogP contribution in [0.4, 0.5) is 0 Å². The Kier molecular flexibility index (Phi) is 4.15. The molecule has 2 nitrogen and oxygen atoms in total. The monoisotopic (exact) mass is 226 g/mol. The molecule has 0 amide bonds. The lowest BCUT2D eigenvalue weighted by molar-refractivity contribution is 0.0988. The predicted octanol–water partition coefficient (Wildman–Crippen LogP) is 3.12. The van der Waals surface area contributed by atoms with Crippen molar-refractivity contribution in [3.05, 3.63) is 28.8 Å². The van der Waals surface area contributed by atoms with Gasteiger partial charge in [-0.3, -0.25) is 4.79 Å². The molecule has 0 heterocycles. The van der Waals surface area contributed by atoms with Crippen LogP contribution in [0.2, 0.25) is 0 Å². The number of benzene rings is 1. The number of ether oxygens (including phenoxy) is 1. The van der Waals surface area contributed by atoms with E-state index in [4.69, 9.17) is 16.3 Å². The molecule has 0 saturated heterocycles. The summed E-state index contributed by atoms with van der Waals surface area (Å²) < 4.78 is 5.18. The van der Waals surface area contributed by atoms with Crippen molar-refractivity contribution < 1.29 is 9.53 Å². The molecule has 0 spiro atoms. The van der Waals surface area contributed by atoms with Crippen LogP contribution in [0.1, 0.15) is 27.9 Å². The Bertz CT molecular complexity index is 372. The van der Waals surface area contributed by atoms with E-state index in [1.54, 1.807) is 13.2 Å². The largest absolute Gasteiger partial charge is 0.496 e. The third-order valence-electron chi connectivity index (χ3n) is 2.58. The highest BCUT2D eigenvalue weighted by molar-refractivity contribution is 6.19. The first-order valence-electron chi connectivity index (χ1n) is 4.85. The number of methoxy groups -OCH3 is 1. The van der Waals surface area contributed by atoms with E-state index in [-0.39, 0.29) is 5.78 Å². The van der Waals surface area contributed by atoms with Gasteiger partial charge in [0.25, 0.3) is 0 Å². The second kappa shape index (κ2) is 5.17. The van der Waals surface area contributed by atoms with Gasteiger partial charge in [0.05, 0.1) is 7.11 Å². The Balaban J connectivity index is 3.11. The van der Waals surface area contributed by atoms with E-state index >= 15 is 0 Å². The Morgan fingerprint density at radius 1 is 1.33 bits per heavy atom. The summed E-state index contributed by atoms with van der Waals surface area (Å²) in [7, 11) is 1.63. The van der Waals surface area contributed by atoms with Crippen molar-refractivity contribution in [3.8, 4) is 5.75 Å². The molecule has 0 fully saturated rings. The van der Waals surface area contributed by atoms with Gasteiger partial charge in [-0.15, -0.1) is 11.6 Å². The maximum atomic E-state index is 11.7. The van der Waals surface area contributed by atoms with Crippen LogP contribution >= 0.6 is 11.6 Å². The van der Waals surface area contributed by atoms with Crippen molar-refractivity contribution in [2.75, 3.05) is 13.0 Å². The number of hydrogen-bond donors (Lipinski definition) is 0. The van der Waals surface area contributed by atoms with E-state index in [0.29, 0.717) is 12.3 Å². The average molecular weight is 227 g/mol. The second-order valence-electron chi connectivity index (χ2n) is 3.43. The zero-order valence-corrected chi connectivity index (χ0v) is 10.0. The minimum Gasteiger partial charge on any atom is -0.496 e. The molecule has 82 valence electrons. The van der Waals surface area contributed by atoms with E-state index in [1.807, 2.05) is 19.9 Å². The van der Waals surface area contributed by atoms with Crippen molar-refractivity contribution >= 4 is 17.4 Å². The summed E-state index contributed by atoms with van der Waals surface area (Å²) in [6, 6.07) is 3.62. The Hall–Kier alpha value is -1.02. The van der Waals surface area contributed by atoms with Gasteiger partial charge in [0.15, 0.2) is 5.78 Å². The van der Waals surface area contributed by atoms with Crippen LogP contribution < -0.4 is 4.74 Å². The average Bonchev–Trinajstić information content (AvgIpc) is 2.22. The first-order chi connectivity index (χ1) is 7.11. The fourth-order valence-electron chi connectivity index (χ4n) is 1.54. The summed E-state index contributed by atoms with van der Waals surface area (Å²) >= 11 is 5.55. The third-order valence-corrected chi connectivity index (χ3v) is 2.77. The molecule has 0 aliphatic heterocycles. The van der Waals surface area contributed by atoms with Gasteiger partial charge < -0.3 is 4.74 Å². The Morgan fingerprint density at radius 3 is 2.53 bits per heavy atom. The molecule has 0 unspecified atom stereocenters. The predicted molar refractivity (Wildman–Crippen MR) is 62.1 cm³/mol. The van der Waals surface area contributed by atoms with Crippen LogP contribution in [0.25, 0.3) is 0 Å². The maximum Gasteiger partial charge on any atom is 0.164 e. The summed E-state index contributed by atoms with van der Waals surface area (Å²) in [5, 5.41) is 0. The summed E-state index contributed by atoms with van der Waals surface area (Å²) in [5.41, 5.74) is 2.73. The molecule has 1 rings (SSSR count). The lowest BCUT2D eigenvalue weighted by Gasteiger charge is -2.11. The fourth-order valence-corrected chi connectivity index (χ4v) is 1.71. The van der Waals surface area contributed by atoms with Crippen molar-refractivity contribution in [1.29, 1.82) is 0 Å². The molecule has 0 N–H and O–H groups in total. The van der Waals surface area contributed by atoms with Gasteiger partial charge in [0, 0.05) is 17.9 Å². The zero-order valence-electron chi connectivity index (χ0n) is 9.26. The summed E-state index contributed by atoms with van der Waals surface area (Å²) in [6.45, 7) is 3.88. The Morgan fingerprint density at radius 2 is 2.00 bits per heavy atom. The lowest BCUT2D eigenvalue weighted by Crippen LogP contribution is -2.04. The van der Waals surface area contributed by atoms with Gasteiger partial charge in [0.2, 0.25) is 0 Å². The number of hydrogen-bond acceptors (Lipinski definition) is 2. The Labute approximate surface area is 95.2 Å². The normalized spacial score (nSPS) is 10.1. The standard InChI is InChI=1S/C12H15ClO2/c1-8-9(2)12(15-3)5-4-10(8)11(14)6-7-13/h4-5H,6-7H2,1-3H3. The minimum absolute atomic E-state index is 0.0910. The van der Waals surface area contributed by atoms with Crippen LogP contribution in [0.5, 0.6) is 5.75 Å². The highest BCUT2D eigenvalue weighted by Crippen LogP contribution is 2.24. The van der Waals surface area contributed by atoms with Crippen LogP contribution in [-0.2, 0) is 0 Å². The SMILES string of the molecule is COc1ccc(C(=O)CCCl)c(C)c1C. The van der Waals surface area contributed by atoms with E-state index in [9.17, 15) is 4.79 Å². The molecule has 15 heavy (non-hydrogen) atoms. The molecule has 0 aromatic heterocycles. The number of halogens is 1. The first kappa shape index (κ1) is 12.1. The van der Waals surface area contributed by atoms with Crippen molar-refractivity contribution in [2.24, 2.45) is 0 Å². The second-order valence-corrected chi connectivity index (χ2v) is 3.81. The number of alkyl halides is 1. The maximum absolute atomic E-state index is 11.7. The number of rotatable bonds is 4. The van der Waals surface area contributed by atoms with Gasteiger partial charge in [-0.2, -0.15) is 0 Å². The van der Waals surface area contributed by atoms with Crippen molar-refractivity contribution in [2.45, 2.75) is 20.3 Å². The fraction of sp³-hybridized carbons (Fsp3) is 0.417. The van der Waals surface area contributed by atoms with E-state index < -0.39 is 0 Å². The minimum atomic E-state index is 0.0910. The highest BCUT2D eigenvalue weighted by Gasteiger charge is 2.12. The molecule has 0 aliphatic rings. The van der Waals surface area contributed by atoms with Gasteiger partial charge in [0.1, 0.15) is 5.75 Å². The molecule has 1 aromatic rings. The number of carbonyl (C=O) groups excluding carboxylic acids is 1. The molecule has 0 atom stereocenters. The van der Waals surface area contributed by atoms with E-state index in [1.165, 1.54) is 0 Å². The number of ketones is 1. The quantitative estimate of drug-likeness (QED) is 0.583. The summed E-state index contributed by atoms with van der Waals surface area (Å²) in [4.78, 5) is 11.7. The highest BCUT2D eigenvalue weighted by atomic mass is 35.5. The van der Waals surface area contributed by atoms with Crippen LogP contribution in [0, 0.1) is 13.8 Å². The van der Waals surface area contributed by atoms with Crippen molar-refractivity contribution in [1.82, 2.24) is 0 Å². The number of Topliss-reactive ketones (excluding diaryl/α,β-unsaturated/α-hetero) is 1. The lowest BCUT2D eigenvalue weighted by atomic mass is 9.98. The van der Waals surface area contributed by atoms with Crippen molar-refractivity contribution in [3.63, 3.8) is 0 Å². The molecule has 0 saturated carbocycles. The van der Waals surface area contributed by atoms with Gasteiger partial charge in [-0.05, 0) is 37.1 Å². The molecule has 0 radical (unpaired) electrons. The molecular weight excluding hydrogens is 212 g/mol. The van der Waals surface area contributed by atoms with E-state index in [2.05, 4.69) is 0 Å². The van der Waals surface area contributed by atoms with Crippen LogP contribution in [0.15, 0.2) is 12.1 Å². The number of carbonyl (C=O) groups is 1. The zero-order chi connectivity index (χ0) is 11.4. The summed E-state index contributed by atoms with van der Waals surface area (Å²) in [6.07, 6.45) is 0.383. The van der Waals surface area contributed by atoms with Gasteiger partial charge in [-0.1, -0.05) is 0 Å². The van der Waals surface area contributed by atoms with Crippen LogP contribution in [0.3, 0.4) is 0 Å². The molecule has 0 bridgehead atoms. The van der Waals surface area contributed by atoms with Gasteiger partial charge in [-0.25, -0.2) is 0 Å². The van der Waals surface area contributed by atoms with Crippen LogP contribution in [-0.4, -0.2) is 18.8 Å². The third kappa shape index (κ3) is 2.51. The summed E-state index contributed by atoms with van der Waals surface area (Å²) in [5.74, 6) is 1.27. The molecule has 0 aliphatic carbocycles. The smallest absolute Gasteiger partial charge is 0.164 e. The topological polar surface area (TPSA) is 26.3 Å². The van der Waals surface area contributed by atoms with Gasteiger partial charge >= 0.3 is 0 Å². The molecular formula is C12H15ClO2.